The van der Waals surface area contributed by atoms with E-state index in [2.05, 4.69) is 51.5 Å². The van der Waals surface area contributed by atoms with E-state index in [1.165, 1.54) is 0 Å². The minimum Gasteiger partial charge on any atom is -0.462 e. The molecule has 1 amide bonds. The molecule has 7 rings (SSSR count). The molecule has 4 heterocycles. The first-order valence-corrected chi connectivity index (χ1v) is 16.3. The van der Waals surface area contributed by atoms with Gasteiger partial charge in [0.25, 0.3) is 5.92 Å². The highest BCUT2D eigenvalue weighted by Crippen LogP contribution is 2.35. The number of carbonyl (C=O) groups excluding carboxylic acids is 1. The van der Waals surface area contributed by atoms with Gasteiger partial charge in [-0.3, -0.25) is 0 Å². The highest BCUT2D eigenvalue weighted by molar-refractivity contribution is 5.94. The highest BCUT2D eigenvalue weighted by Gasteiger charge is 2.40. The molecule has 2 atom stereocenters. The average Bonchev–Trinajstić information content (AvgIpc) is 3.47. The Morgan fingerprint density at radius 3 is 2.62 bits per heavy atom. The van der Waals surface area contributed by atoms with Crippen molar-refractivity contribution in [3.8, 4) is 12.1 Å². The molecule has 1 aromatic heterocycles. The Balaban J connectivity index is 1.14. The molecular weight excluding hydrogens is 616 g/mol. The molecule has 3 aliphatic heterocycles. The van der Waals surface area contributed by atoms with Crippen molar-refractivity contribution in [2.24, 2.45) is 0 Å². The van der Waals surface area contributed by atoms with Crippen LogP contribution in [0.2, 0.25) is 0 Å². The molecule has 2 saturated heterocycles. The van der Waals surface area contributed by atoms with Crippen LogP contribution in [0.5, 0.6) is 6.01 Å². The van der Waals surface area contributed by atoms with Crippen LogP contribution in [0.3, 0.4) is 0 Å². The predicted octanol–water partition coefficient (Wildman–Crippen LogP) is 5.31. The second-order valence-corrected chi connectivity index (χ2v) is 12.6. The number of anilines is 2. The molecule has 1 N–H and O–H groups in total. The number of piperazine rings is 1. The summed E-state index contributed by atoms with van der Waals surface area (Å²) in [6, 6.07) is 25.4. The lowest BCUT2D eigenvalue weighted by Gasteiger charge is -2.42. The Bertz CT molecular complexity index is 1810. The molecule has 10 nitrogen and oxygen atoms in total. The monoisotopic (exact) mass is 653 g/mol. The Labute approximate surface area is 277 Å². The number of amides is 1. The van der Waals surface area contributed by atoms with Crippen LogP contribution in [-0.4, -0.2) is 78.3 Å². The van der Waals surface area contributed by atoms with Gasteiger partial charge in [0, 0.05) is 55.3 Å². The average molecular weight is 654 g/mol. The number of nitrogens with zero attached hydrogens (tertiary/aromatic N) is 6. The molecule has 3 aliphatic rings. The number of alkyl halides is 2. The SMILES string of the molecule is N#CCC1CN(c2nc(OCC3CC(F)(F)CN3)nc3c2CCN(c2cccc4ccccc24)C3)CCN1C(=O)OCc1ccccc1. The summed E-state index contributed by atoms with van der Waals surface area (Å²) in [5, 5.41) is 14.8. The number of rotatable bonds is 8. The van der Waals surface area contributed by atoms with Crippen molar-refractivity contribution in [3.63, 3.8) is 0 Å². The van der Waals surface area contributed by atoms with E-state index in [0.717, 1.165) is 39.8 Å². The minimum atomic E-state index is -2.77. The second kappa shape index (κ2) is 13.6. The maximum absolute atomic E-state index is 13.9. The Morgan fingerprint density at radius 2 is 1.81 bits per heavy atom. The van der Waals surface area contributed by atoms with Crippen molar-refractivity contribution >= 4 is 28.4 Å². The van der Waals surface area contributed by atoms with Crippen LogP contribution in [0.25, 0.3) is 10.8 Å². The molecule has 48 heavy (non-hydrogen) atoms. The number of nitrogens with one attached hydrogen (secondary N) is 1. The van der Waals surface area contributed by atoms with Crippen molar-refractivity contribution in [2.75, 3.05) is 49.1 Å². The van der Waals surface area contributed by atoms with E-state index >= 15 is 0 Å². The van der Waals surface area contributed by atoms with Crippen molar-refractivity contribution in [1.82, 2.24) is 20.2 Å². The third-order valence-corrected chi connectivity index (χ3v) is 9.29. The number of aromatic nitrogens is 2. The van der Waals surface area contributed by atoms with E-state index in [0.29, 0.717) is 38.4 Å². The van der Waals surface area contributed by atoms with Crippen molar-refractivity contribution < 1.29 is 23.0 Å². The van der Waals surface area contributed by atoms with Crippen molar-refractivity contribution in [1.29, 1.82) is 5.26 Å². The van der Waals surface area contributed by atoms with Crippen LogP contribution < -0.4 is 19.9 Å². The van der Waals surface area contributed by atoms with Gasteiger partial charge in [-0.25, -0.2) is 13.6 Å². The van der Waals surface area contributed by atoms with Crippen LogP contribution in [0.1, 0.15) is 29.7 Å². The summed E-state index contributed by atoms with van der Waals surface area (Å²) in [5.74, 6) is -2.08. The fraction of sp³-hybridized carbons (Fsp3) is 0.389. The summed E-state index contributed by atoms with van der Waals surface area (Å²) in [5.41, 5.74) is 3.78. The molecule has 248 valence electrons. The first-order chi connectivity index (χ1) is 23.4. The topological polar surface area (TPSA) is 107 Å². The zero-order valence-electron chi connectivity index (χ0n) is 26.5. The third kappa shape index (κ3) is 6.82. The molecule has 0 spiro atoms. The molecular formula is C36H37F2N7O3. The van der Waals surface area contributed by atoms with Crippen molar-refractivity contribution in [3.05, 3.63) is 89.6 Å². The first-order valence-electron chi connectivity index (χ1n) is 16.3. The zero-order chi connectivity index (χ0) is 33.1. The van der Waals surface area contributed by atoms with E-state index < -0.39 is 24.1 Å². The molecule has 0 bridgehead atoms. The van der Waals surface area contributed by atoms with Gasteiger partial charge >= 0.3 is 12.1 Å². The van der Waals surface area contributed by atoms with Crippen LogP contribution in [0.15, 0.2) is 72.8 Å². The van der Waals surface area contributed by atoms with E-state index in [1.54, 1.807) is 4.90 Å². The van der Waals surface area contributed by atoms with Crippen LogP contribution in [0, 0.1) is 11.3 Å². The van der Waals surface area contributed by atoms with Gasteiger partial charge in [0.1, 0.15) is 19.0 Å². The molecule has 0 radical (unpaired) electrons. The maximum atomic E-state index is 13.9. The lowest BCUT2D eigenvalue weighted by atomic mass is 10.0. The summed E-state index contributed by atoms with van der Waals surface area (Å²) in [6.07, 6.45) is 0.0355. The standard InChI is InChI=1S/C36H37F2N7O3/c37-36(38)19-27(40-24-36)23-47-34-41-31-21-43(32-12-6-10-26-9-4-5-11-29(26)32)16-14-30(31)33(42-34)44-17-18-45(28(20-44)13-15-39)35(46)48-22-25-7-2-1-3-8-25/h1-12,27-28,40H,13-14,16-24H2. The Morgan fingerprint density at radius 1 is 1.00 bits per heavy atom. The van der Waals surface area contributed by atoms with Gasteiger partial charge in [-0.2, -0.15) is 15.2 Å². The van der Waals surface area contributed by atoms with Crippen molar-refractivity contribution in [2.45, 2.75) is 50.4 Å². The number of carbonyl (C=O) groups is 1. The van der Waals surface area contributed by atoms with Gasteiger partial charge in [-0.05, 0) is 23.4 Å². The predicted molar refractivity (Wildman–Crippen MR) is 177 cm³/mol. The number of hydrogen-bond acceptors (Lipinski definition) is 9. The zero-order valence-corrected chi connectivity index (χ0v) is 26.5. The van der Waals surface area contributed by atoms with Gasteiger partial charge in [-0.15, -0.1) is 0 Å². The van der Waals surface area contributed by atoms with Crippen LogP contribution in [-0.2, 0) is 24.3 Å². The molecule has 4 aromatic rings. The molecule has 12 heteroatoms. The minimum absolute atomic E-state index is 0.0128. The van der Waals surface area contributed by atoms with Gasteiger partial charge in [0.15, 0.2) is 0 Å². The fourth-order valence-electron chi connectivity index (χ4n) is 6.87. The summed E-state index contributed by atoms with van der Waals surface area (Å²) in [4.78, 5) is 28.8. The summed E-state index contributed by atoms with van der Waals surface area (Å²) >= 11 is 0. The van der Waals surface area contributed by atoms with E-state index in [-0.39, 0.29) is 38.6 Å². The fourth-order valence-corrected chi connectivity index (χ4v) is 6.87. The quantitative estimate of drug-likeness (QED) is 0.271. The van der Waals surface area contributed by atoms with Gasteiger partial charge in [0.05, 0.1) is 37.3 Å². The lowest BCUT2D eigenvalue weighted by Crippen LogP contribution is -2.55. The second-order valence-electron chi connectivity index (χ2n) is 12.6. The molecule has 0 aliphatic carbocycles. The largest absolute Gasteiger partial charge is 0.462 e. The van der Waals surface area contributed by atoms with E-state index in [9.17, 15) is 18.8 Å². The van der Waals surface area contributed by atoms with E-state index in [1.807, 2.05) is 42.5 Å². The lowest BCUT2D eigenvalue weighted by molar-refractivity contribution is 0.0194. The Kier molecular flexibility index (Phi) is 8.95. The number of halogens is 2. The molecule has 2 fully saturated rings. The number of hydrogen-bond donors (Lipinski definition) is 1. The maximum Gasteiger partial charge on any atom is 0.410 e. The summed E-state index contributed by atoms with van der Waals surface area (Å²) in [6.45, 7) is 2.23. The molecule has 2 unspecified atom stereocenters. The number of nitriles is 1. The van der Waals surface area contributed by atoms with Crippen LogP contribution in [0.4, 0.5) is 25.1 Å². The number of fused-ring (bicyclic) bond motifs is 2. The normalized spacial score (nSPS) is 20.3. The van der Waals surface area contributed by atoms with Gasteiger partial charge < -0.3 is 29.5 Å². The smallest absolute Gasteiger partial charge is 0.410 e. The number of benzene rings is 3. The highest BCUT2D eigenvalue weighted by atomic mass is 19.3. The van der Waals surface area contributed by atoms with Gasteiger partial charge in [-0.1, -0.05) is 66.7 Å². The molecule has 3 aromatic carbocycles. The van der Waals surface area contributed by atoms with E-state index in [4.69, 9.17) is 19.4 Å². The summed E-state index contributed by atoms with van der Waals surface area (Å²) < 4.78 is 39.4. The first kappa shape index (κ1) is 31.6. The number of ether oxygens (including phenoxy) is 2. The van der Waals surface area contributed by atoms with Gasteiger partial charge in [0.2, 0.25) is 0 Å². The Hall–Kier alpha value is -5.02. The summed E-state index contributed by atoms with van der Waals surface area (Å²) in [7, 11) is 0. The molecule has 0 saturated carbocycles. The third-order valence-electron chi connectivity index (χ3n) is 9.29. The van der Waals surface area contributed by atoms with Crippen LogP contribution >= 0.6 is 0 Å².